The Kier molecular flexibility index (Phi) is 6.75. The molecule has 0 saturated carbocycles. The maximum absolute atomic E-state index is 9.65. The number of rotatable bonds is 9. The van der Waals surface area contributed by atoms with Crippen molar-refractivity contribution in [1.82, 2.24) is 4.90 Å². The summed E-state index contributed by atoms with van der Waals surface area (Å²) in [7, 11) is 0. The van der Waals surface area contributed by atoms with Crippen molar-refractivity contribution in [3.05, 3.63) is 72.8 Å². The summed E-state index contributed by atoms with van der Waals surface area (Å²) in [4.78, 5) is 3.38. The first-order chi connectivity index (χ1) is 15.2. The summed E-state index contributed by atoms with van der Waals surface area (Å²) in [6, 6.07) is 23.3. The molecule has 31 heavy (non-hydrogen) atoms. The van der Waals surface area contributed by atoms with Gasteiger partial charge in [0.15, 0.2) is 5.75 Å². The van der Waals surface area contributed by atoms with E-state index < -0.39 is 0 Å². The molecule has 5 heteroatoms. The van der Waals surface area contributed by atoms with Crippen molar-refractivity contribution in [3.63, 3.8) is 0 Å². The zero-order valence-corrected chi connectivity index (χ0v) is 18.7. The Morgan fingerprint density at radius 3 is 2.23 bits per heavy atom. The van der Waals surface area contributed by atoms with Gasteiger partial charge >= 0.3 is 0 Å². The first-order valence-corrected chi connectivity index (χ1v) is 11.4. The van der Waals surface area contributed by atoms with Gasteiger partial charge in [-0.3, -0.25) is 0 Å². The summed E-state index contributed by atoms with van der Waals surface area (Å²) in [5.41, 5.74) is 1.02. The lowest BCUT2D eigenvalue weighted by atomic mass is 10.1. The Balaban J connectivity index is 1.54. The molecule has 0 amide bonds. The normalized spacial score (nSPS) is 11.2. The minimum absolute atomic E-state index is 0.254. The highest BCUT2D eigenvalue weighted by atomic mass is 32.1. The molecular weight excluding hydrogens is 406 g/mol. The Morgan fingerprint density at radius 1 is 0.839 bits per heavy atom. The molecule has 0 bridgehead atoms. The summed E-state index contributed by atoms with van der Waals surface area (Å²) < 4.78 is 13.4. The number of aromatic hydroxyl groups is 1. The second-order valence-corrected chi connectivity index (χ2v) is 8.30. The van der Waals surface area contributed by atoms with Gasteiger partial charge in [-0.15, -0.1) is 11.3 Å². The average Bonchev–Trinajstić information content (AvgIpc) is 3.17. The van der Waals surface area contributed by atoms with E-state index in [1.807, 2.05) is 48.5 Å². The topological polar surface area (TPSA) is 41.9 Å². The number of hydrogen-bond acceptors (Lipinski definition) is 5. The van der Waals surface area contributed by atoms with E-state index in [2.05, 4.69) is 30.9 Å². The van der Waals surface area contributed by atoms with Gasteiger partial charge in [-0.1, -0.05) is 26.0 Å². The molecule has 4 rings (SSSR count). The fraction of sp³-hybridized carbons (Fsp3) is 0.231. The van der Waals surface area contributed by atoms with Gasteiger partial charge < -0.3 is 19.5 Å². The molecule has 0 spiro atoms. The maximum atomic E-state index is 9.65. The van der Waals surface area contributed by atoms with Crippen LogP contribution in [0.2, 0.25) is 0 Å². The minimum Gasteiger partial charge on any atom is -0.508 e. The summed E-state index contributed by atoms with van der Waals surface area (Å²) in [6.07, 6.45) is 0. The first-order valence-electron chi connectivity index (χ1n) is 10.6. The molecule has 0 atom stereocenters. The van der Waals surface area contributed by atoms with E-state index in [9.17, 15) is 5.11 Å². The van der Waals surface area contributed by atoms with Gasteiger partial charge in [0.25, 0.3) is 0 Å². The van der Waals surface area contributed by atoms with Crippen LogP contribution in [0.25, 0.3) is 20.5 Å². The van der Waals surface area contributed by atoms with Gasteiger partial charge in [-0.25, -0.2) is 0 Å². The molecule has 4 nitrogen and oxygen atoms in total. The summed E-state index contributed by atoms with van der Waals surface area (Å²) in [5, 5.41) is 10.7. The predicted molar refractivity (Wildman–Crippen MR) is 129 cm³/mol. The molecular formula is C26H27NO3S. The number of phenols is 1. The fourth-order valence-corrected chi connectivity index (χ4v) is 4.62. The summed E-state index contributed by atoms with van der Waals surface area (Å²) in [6.45, 7) is 7.98. The Hall–Kier alpha value is -3.02. The van der Waals surface area contributed by atoms with Crippen LogP contribution in [0.15, 0.2) is 72.8 Å². The largest absolute Gasteiger partial charge is 0.508 e. The number of ether oxygens (including phenoxy) is 2. The molecule has 0 saturated heterocycles. The lowest BCUT2D eigenvalue weighted by Crippen LogP contribution is -2.27. The van der Waals surface area contributed by atoms with E-state index in [0.29, 0.717) is 6.61 Å². The molecule has 1 aromatic heterocycles. The smallest absolute Gasteiger partial charge is 0.153 e. The van der Waals surface area contributed by atoms with Gasteiger partial charge in [-0.05, 0) is 79.3 Å². The molecule has 160 valence electrons. The minimum atomic E-state index is 0.254. The van der Waals surface area contributed by atoms with Gasteiger partial charge in [-0.2, -0.15) is 0 Å². The van der Waals surface area contributed by atoms with Crippen LogP contribution in [0.4, 0.5) is 0 Å². The second-order valence-electron chi connectivity index (χ2n) is 7.25. The summed E-state index contributed by atoms with van der Waals surface area (Å²) >= 11 is 1.69. The molecule has 4 aromatic rings. The van der Waals surface area contributed by atoms with E-state index in [0.717, 1.165) is 57.4 Å². The monoisotopic (exact) mass is 433 g/mol. The molecule has 0 radical (unpaired) electrons. The highest BCUT2D eigenvalue weighted by molar-refractivity contribution is 7.22. The van der Waals surface area contributed by atoms with Crippen molar-refractivity contribution in [1.29, 1.82) is 0 Å². The number of likely N-dealkylation sites (N-methyl/N-ethyl adjacent to an activating group) is 1. The third-order valence-corrected chi connectivity index (χ3v) is 6.49. The van der Waals surface area contributed by atoms with Crippen LogP contribution < -0.4 is 9.47 Å². The summed E-state index contributed by atoms with van der Waals surface area (Å²) in [5.74, 6) is 2.69. The molecule has 1 N–H and O–H groups in total. The zero-order chi connectivity index (χ0) is 21.6. The van der Waals surface area contributed by atoms with Crippen LogP contribution in [0.5, 0.6) is 23.0 Å². The van der Waals surface area contributed by atoms with Crippen LogP contribution >= 0.6 is 11.3 Å². The van der Waals surface area contributed by atoms with Gasteiger partial charge in [0.05, 0.1) is 4.88 Å². The van der Waals surface area contributed by atoms with Gasteiger partial charge in [0.1, 0.15) is 23.9 Å². The SMILES string of the molecule is CCN(CC)CCOc1ccc(Oc2c(-c3ccc(O)cc3)sc3ccccc23)cc1. The van der Waals surface area contributed by atoms with Crippen molar-refractivity contribution < 1.29 is 14.6 Å². The molecule has 0 unspecified atom stereocenters. The zero-order valence-electron chi connectivity index (χ0n) is 17.9. The van der Waals surface area contributed by atoms with E-state index in [1.54, 1.807) is 23.5 Å². The second kappa shape index (κ2) is 9.86. The maximum Gasteiger partial charge on any atom is 0.153 e. The van der Waals surface area contributed by atoms with Gasteiger partial charge in [0, 0.05) is 16.6 Å². The molecule has 3 aromatic carbocycles. The third-order valence-electron chi connectivity index (χ3n) is 5.29. The van der Waals surface area contributed by atoms with E-state index in [1.165, 1.54) is 0 Å². The lowest BCUT2D eigenvalue weighted by molar-refractivity contribution is 0.222. The lowest BCUT2D eigenvalue weighted by Gasteiger charge is -2.18. The number of fused-ring (bicyclic) bond motifs is 1. The van der Waals surface area contributed by atoms with Crippen molar-refractivity contribution in [2.75, 3.05) is 26.2 Å². The Bertz CT molecular complexity index is 1120. The van der Waals surface area contributed by atoms with Crippen LogP contribution in [0, 0.1) is 0 Å². The van der Waals surface area contributed by atoms with Crippen LogP contribution in [-0.4, -0.2) is 36.2 Å². The number of nitrogens with zero attached hydrogens (tertiary/aromatic N) is 1. The quantitative estimate of drug-likeness (QED) is 0.316. The van der Waals surface area contributed by atoms with Crippen molar-refractivity contribution in [2.24, 2.45) is 0 Å². The molecule has 1 heterocycles. The Morgan fingerprint density at radius 2 is 1.52 bits per heavy atom. The van der Waals surface area contributed by atoms with Crippen LogP contribution in [-0.2, 0) is 0 Å². The highest BCUT2D eigenvalue weighted by Crippen LogP contribution is 2.46. The number of hydrogen-bond donors (Lipinski definition) is 1. The molecule has 0 aliphatic heterocycles. The fourth-order valence-electron chi connectivity index (χ4n) is 3.48. The van der Waals surface area contributed by atoms with E-state index in [4.69, 9.17) is 9.47 Å². The molecule has 0 fully saturated rings. The first kappa shape index (κ1) is 21.2. The standard InChI is InChI=1S/C26H27NO3S/c1-3-27(4-2)17-18-29-21-13-15-22(16-14-21)30-25-23-7-5-6-8-24(23)31-26(25)19-9-11-20(28)12-10-19/h5-16,28H,3-4,17-18H2,1-2H3. The van der Waals surface area contributed by atoms with Gasteiger partial charge in [0.2, 0.25) is 0 Å². The van der Waals surface area contributed by atoms with Crippen molar-refractivity contribution >= 4 is 21.4 Å². The number of benzene rings is 3. The van der Waals surface area contributed by atoms with Crippen molar-refractivity contribution in [2.45, 2.75) is 13.8 Å². The van der Waals surface area contributed by atoms with E-state index >= 15 is 0 Å². The predicted octanol–water partition coefficient (Wildman–Crippen LogP) is 6.79. The van der Waals surface area contributed by atoms with Crippen molar-refractivity contribution in [3.8, 4) is 33.4 Å². The molecule has 0 aliphatic rings. The molecule has 0 aliphatic carbocycles. The average molecular weight is 434 g/mol. The number of phenolic OH excluding ortho intramolecular Hbond substituents is 1. The van der Waals surface area contributed by atoms with Crippen LogP contribution in [0.3, 0.4) is 0 Å². The van der Waals surface area contributed by atoms with E-state index in [-0.39, 0.29) is 5.75 Å². The third kappa shape index (κ3) is 5.01. The number of thiophene rings is 1. The Labute approximate surface area is 187 Å². The highest BCUT2D eigenvalue weighted by Gasteiger charge is 2.16. The van der Waals surface area contributed by atoms with Crippen LogP contribution in [0.1, 0.15) is 13.8 Å².